The van der Waals surface area contributed by atoms with Crippen LogP contribution in [0.3, 0.4) is 0 Å². The molecule has 0 aromatic rings. The lowest BCUT2D eigenvalue weighted by atomic mass is 9.97. The summed E-state index contributed by atoms with van der Waals surface area (Å²) in [6.07, 6.45) is -15.6. The number of hydrogen-bond acceptors (Lipinski definition) is 18. The highest BCUT2D eigenvalue weighted by Gasteiger charge is 2.55. The van der Waals surface area contributed by atoms with Crippen molar-refractivity contribution >= 4 is 41.8 Å². The molecule has 18 nitrogen and oxygen atoms in total. The van der Waals surface area contributed by atoms with E-state index in [1.165, 1.54) is 0 Å². The summed E-state index contributed by atoms with van der Waals surface area (Å²) in [4.78, 5) is 83.0. The largest absolute Gasteiger partial charge is 0.463 e. The first kappa shape index (κ1) is 36.3. The summed E-state index contributed by atoms with van der Waals surface area (Å²) >= 11 is 0. The van der Waals surface area contributed by atoms with E-state index < -0.39 is 116 Å². The first-order valence-electron chi connectivity index (χ1n) is 13.3. The van der Waals surface area contributed by atoms with Crippen LogP contribution in [0.25, 0.3) is 0 Å². The van der Waals surface area contributed by atoms with E-state index in [0.29, 0.717) is 0 Å². The van der Waals surface area contributed by atoms with Gasteiger partial charge in [0.25, 0.3) is 0 Å². The summed E-state index contributed by atoms with van der Waals surface area (Å²) < 4.78 is 53.7. The van der Waals surface area contributed by atoms with Crippen molar-refractivity contribution in [3.63, 3.8) is 0 Å². The Morgan fingerprint density at radius 1 is 0.477 bits per heavy atom. The SMILES string of the molecule is CC(=O)OC[C@H]1O[C@@H](OC[C@H]2O[C@H](O)[C@H](OC(C)=O)[C@@H](OC(C)=O)[C@@H]2OC(C)=O)[C@@H](OC(C)=O)[C@@H](OC(C)=O)[C@@H]1OC(C)=O. The molecule has 0 aromatic heterocycles. The molecule has 0 bridgehead atoms. The average molecular weight is 637 g/mol. The van der Waals surface area contributed by atoms with E-state index in [2.05, 4.69) is 0 Å². The zero-order chi connectivity index (χ0) is 33.3. The van der Waals surface area contributed by atoms with Crippen LogP contribution in [-0.4, -0.2) is 122 Å². The van der Waals surface area contributed by atoms with Crippen LogP contribution in [0.4, 0.5) is 0 Å². The van der Waals surface area contributed by atoms with Crippen LogP contribution in [0.15, 0.2) is 0 Å². The molecule has 0 spiro atoms. The fraction of sp³-hybridized carbons (Fsp3) is 0.731. The number of carbonyl (C=O) groups is 7. The maximum Gasteiger partial charge on any atom is 0.303 e. The molecule has 10 atom stereocenters. The lowest BCUT2D eigenvalue weighted by Gasteiger charge is -2.45. The Balaban J connectivity index is 2.48. The molecule has 44 heavy (non-hydrogen) atoms. The highest BCUT2D eigenvalue weighted by atomic mass is 16.7. The second kappa shape index (κ2) is 16.3. The smallest absolute Gasteiger partial charge is 0.303 e. The van der Waals surface area contributed by atoms with Crippen molar-refractivity contribution in [2.75, 3.05) is 13.2 Å². The van der Waals surface area contributed by atoms with E-state index in [4.69, 9.17) is 47.4 Å². The number of carbonyl (C=O) groups excluding carboxylic acids is 7. The van der Waals surface area contributed by atoms with Gasteiger partial charge in [-0.2, -0.15) is 0 Å². The fourth-order valence-corrected chi connectivity index (χ4v) is 4.52. The number of hydrogen-bond donors (Lipinski definition) is 1. The molecular formula is C26H36O18. The molecule has 0 aliphatic carbocycles. The zero-order valence-electron chi connectivity index (χ0n) is 25.1. The van der Waals surface area contributed by atoms with Gasteiger partial charge >= 0.3 is 41.8 Å². The first-order valence-corrected chi connectivity index (χ1v) is 13.3. The van der Waals surface area contributed by atoms with Gasteiger partial charge in [-0.05, 0) is 0 Å². The lowest BCUT2D eigenvalue weighted by Crippen LogP contribution is -2.64. The predicted octanol–water partition coefficient (Wildman–Crippen LogP) is -1.40. The number of esters is 7. The monoisotopic (exact) mass is 636 g/mol. The first-order chi connectivity index (χ1) is 20.5. The van der Waals surface area contributed by atoms with E-state index in [-0.39, 0.29) is 0 Å². The van der Waals surface area contributed by atoms with Crippen molar-refractivity contribution in [3.05, 3.63) is 0 Å². The van der Waals surface area contributed by atoms with Crippen LogP contribution >= 0.6 is 0 Å². The maximum atomic E-state index is 12.1. The van der Waals surface area contributed by atoms with E-state index in [9.17, 15) is 38.7 Å². The maximum absolute atomic E-state index is 12.1. The van der Waals surface area contributed by atoms with E-state index in [1.54, 1.807) is 0 Å². The van der Waals surface area contributed by atoms with Gasteiger partial charge in [-0.15, -0.1) is 0 Å². The highest BCUT2D eigenvalue weighted by Crippen LogP contribution is 2.32. The molecule has 0 radical (unpaired) electrons. The van der Waals surface area contributed by atoms with Crippen molar-refractivity contribution in [2.24, 2.45) is 0 Å². The Kier molecular flexibility index (Phi) is 13.4. The summed E-state index contributed by atoms with van der Waals surface area (Å²) in [6, 6.07) is 0. The molecule has 2 aliphatic heterocycles. The summed E-state index contributed by atoms with van der Waals surface area (Å²) in [5.41, 5.74) is 0. The second-order valence-electron chi connectivity index (χ2n) is 9.69. The van der Waals surface area contributed by atoms with Crippen LogP contribution in [0.2, 0.25) is 0 Å². The van der Waals surface area contributed by atoms with Gasteiger partial charge in [0.2, 0.25) is 0 Å². The van der Waals surface area contributed by atoms with Gasteiger partial charge in [-0.25, -0.2) is 0 Å². The Morgan fingerprint density at radius 2 is 0.841 bits per heavy atom. The minimum absolute atomic E-state index is 0.523. The van der Waals surface area contributed by atoms with Gasteiger partial charge in [0.1, 0.15) is 18.8 Å². The molecule has 0 saturated carbocycles. The highest BCUT2D eigenvalue weighted by molar-refractivity contribution is 5.69. The third-order valence-corrected chi connectivity index (χ3v) is 5.89. The normalized spacial score (nSPS) is 31.5. The Bertz CT molecular complexity index is 1090. The molecule has 0 aromatic carbocycles. The molecule has 0 unspecified atom stereocenters. The molecule has 18 heteroatoms. The predicted molar refractivity (Wildman–Crippen MR) is 135 cm³/mol. The van der Waals surface area contributed by atoms with Crippen LogP contribution in [-0.2, 0) is 80.9 Å². The quantitative estimate of drug-likeness (QED) is 0.203. The molecule has 248 valence electrons. The van der Waals surface area contributed by atoms with E-state index in [0.717, 1.165) is 48.5 Å². The van der Waals surface area contributed by atoms with Crippen LogP contribution in [0, 0.1) is 0 Å². The van der Waals surface area contributed by atoms with Crippen LogP contribution < -0.4 is 0 Å². The van der Waals surface area contributed by atoms with E-state index in [1.807, 2.05) is 0 Å². The molecule has 2 fully saturated rings. The van der Waals surface area contributed by atoms with Gasteiger partial charge in [-0.3, -0.25) is 33.6 Å². The molecule has 2 aliphatic rings. The van der Waals surface area contributed by atoms with Crippen molar-refractivity contribution < 1.29 is 86.0 Å². The number of ether oxygens (including phenoxy) is 10. The van der Waals surface area contributed by atoms with Gasteiger partial charge in [0, 0.05) is 48.5 Å². The molecule has 2 heterocycles. The molecule has 2 saturated heterocycles. The van der Waals surface area contributed by atoms with Crippen LogP contribution in [0.5, 0.6) is 0 Å². The topological polar surface area (TPSA) is 232 Å². The van der Waals surface area contributed by atoms with Crippen LogP contribution in [0.1, 0.15) is 48.5 Å². The third kappa shape index (κ3) is 10.7. The molecular weight excluding hydrogens is 600 g/mol. The summed E-state index contributed by atoms with van der Waals surface area (Å²) in [5, 5.41) is 10.6. The van der Waals surface area contributed by atoms with Crippen molar-refractivity contribution in [2.45, 2.75) is 110 Å². The standard InChI is InChI=1S/C26H36O18/c1-10(27)35-8-18-20(38-12(3)29)22(40-14(5)31)24(42-16(7)33)26(44-18)36-9-17-19(37-11(2)28)21(39-13(4)30)23(25(34)43-17)41-15(6)32/h17-26,34H,8-9H2,1-7H3/t17-,18-,19-,20-,21+,22+,23-,24+,25+,26-/m1/s1. The molecule has 1 N–H and O–H groups in total. The van der Waals surface area contributed by atoms with Crippen molar-refractivity contribution in [1.29, 1.82) is 0 Å². The third-order valence-electron chi connectivity index (χ3n) is 5.89. The Hall–Kier alpha value is -3.87. The summed E-state index contributed by atoms with van der Waals surface area (Å²) in [5.74, 6) is -5.94. The number of aliphatic hydroxyl groups excluding tert-OH is 1. The lowest BCUT2D eigenvalue weighted by molar-refractivity contribution is -0.330. The van der Waals surface area contributed by atoms with Gasteiger partial charge < -0.3 is 52.5 Å². The molecule has 0 amide bonds. The van der Waals surface area contributed by atoms with Crippen molar-refractivity contribution in [3.8, 4) is 0 Å². The fourth-order valence-electron chi connectivity index (χ4n) is 4.52. The van der Waals surface area contributed by atoms with Gasteiger partial charge in [0.15, 0.2) is 49.2 Å². The second-order valence-corrected chi connectivity index (χ2v) is 9.69. The van der Waals surface area contributed by atoms with Crippen molar-refractivity contribution in [1.82, 2.24) is 0 Å². The van der Waals surface area contributed by atoms with E-state index >= 15 is 0 Å². The Labute approximate surface area is 251 Å². The summed E-state index contributed by atoms with van der Waals surface area (Å²) in [7, 11) is 0. The van der Waals surface area contributed by atoms with Gasteiger partial charge in [-0.1, -0.05) is 0 Å². The summed E-state index contributed by atoms with van der Waals surface area (Å²) in [6.45, 7) is 6.15. The number of aliphatic hydroxyl groups is 1. The minimum Gasteiger partial charge on any atom is -0.463 e. The number of rotatable bonds is 11. The molecule has 2 rings (SSSR count). The average Bonchev–Trinajstić information content (AvgIpc) is 2.87. The zero-order valence-corrected chi connectivity index (χ0v) is 25.1. The Morgan fingerprint density at radius 3 is 1.27 bits per heavy atom. The minimum atomic E-state index is -1.90. The van der Waals surface area contributed by atoms with Gasteiger partial charge in [0.05, 0.1) is 6.61 Å².